The van der Waals surface area contributed by atoms with E-state index in [9.17, 15) is 4.79 Å². The van der Waals surface area contributed by atoms with Gasteiger partial charge in [0.1, 0.15) is 0 Å². The van der Waals surface area contributed by atoms with E-state index in [2.05, 4.69) is 10.2 Å². The molecule has 0 atom stereocenters. The third kappa shape index (κ3) is 2.87. The Hall–Kier alpha value is -2.81. The lowest BCUT2D eigenvalue weighted by atomic mass is 10.0. The molecule has 0 saturated heterocycles. The van der Waals surface area contributed by atoms with Crippen molar-refractivity contribution in [3.8, 4) is 22.4 Å². The standard InChI is InChI=1S/C18H14N2O/c1-13(21)15-8-5-9-16(10-15)17-11-18(20-19-12-17)14-6-3-2-4-7-14/h2-12H,1H3. The van der Waals surface area contributed by atoms with Crippen LogP contribution in [-0.2, 0) is 0 Å². The molecule has 3 nitrogen and oxygen atoms in total. The van der Waals surface area contributed by atoms with Crippen LogP contribution in [0, 0.1) is 0 Å². The highest BCUT2D eigenvalue weighted by Gasteiger charge is 2.06. The molecular weight excluding hydrogens is 260 g/mol. The van der Waals surface area contributed by atoms with Gasteiger partial charge in [-0.15, -0.1) is 0 Å². The maximum absolute atomic E-state index is 11.5. The minimum absolute atomic E-state index is 0.0575. The average Bonchev–Trinajstić information content (AvgIpc) is 2.56. The molecule has 3 heteroatoms. The number of carbonyl (C=O) groups is 1. The second-order valence-corrected chi connectivity index (χ2v) is 4.83. The summed E-state index contributed by atoms with van der Waals surface area (Å²) >= 11 is 0. The molecule has 1 heterocycles. The van der Waals surface area contributed by atoms with Gasteiger partial charge in [-0.3, -0.25) is 4.79 Å². The second-order valence-electron chi connectivity index (χ2n) is 4.83. The zero-order chi connectivity index (χ0) is 14.7. The van der Waals surface area contributed by atoms with E-state index in [1.165, 1.54) is 0 Å². The molecule has 2 aromatic carbocycles. The van der Waals surface area contributed by atoms with E-state index in [-0.39, 0.29) is 5.78 Å². The summed E-state index contributed by atoms with van der Waals surface area (Å²) in [5, 5.41) is 8.25. The molecule has 0 saturated carbocycles. The molecule has 0 aliphatic heterocycles. The van der Waals surface area contributed by atoms with E-state index < -0.39 is 0 Å². The van der Waals surface area contributed by atoms with E-state index in [0.29, 0.717) is 5.56 Å². The molecule has 0 aliphatic carbocycles. The first-order chi connectivity index (χ1) is 10.2. The van der Waals surface area contributed by atoms with Crippen LogP contribution < -0.4 is 0 Å². The van der Waals surface area contributed by atoms with Crippen LogP contribution in [0.25, 0.3) is 22.4 Å². The fraction of sp³-hybridized carbons (Fsp3) is 0.0556. The highest BCUT2D eigenvalue weighted by molar-refractivity contribution is 5.95. The van der Waals surface area contributed by atoms with Crippen LogP contribution in [0.2, 0.25) is 0 Å². The van der Waals surface area contributed by atoms with Crippen LogP contribution in [0.15, 0.2) is 66.9 Å². The Morgan fingerprint density at radius 1 is 0.857 bits per heavy atom. The van der Waals surface area contributed by atoms with Gasteiger partial charge in [0.2, 0.25) is 0 Å². The number of benzene rings is 2. The van der Waals surface area contributed by atoms with Crippen molar-refractivity contribution >= 4 is 5.78 Å². The lowest BCUT2D eigenvalue weighted by molar-refractivity contribution is 0.101. The maximum Gasteiger partial charge on any atom is 0.159 e. The first kappa shape index (κ1) is 13.2. The van der Waals surface area contributed by atoms with Crippen LogP contribution in [0.4, 0.5) is 0 Å². The Bertz CT molecular complexity index is 782. The highest BCUT2D eigenvalue weighted by Crippen LogP contribution is 2.24. The van der Waals surface area contributed by atoms with Gasteiger partial charge < -0.3 is 0 Å². The quantitative estimate of drug-likeness (QED) is 0.678. The summed E-state index contributed by atoms with van der Waals surface area (Å²) in [6, 6.07) is 19.5. The monoisotopic (exact) mass is 274 g/mol. The molecule has 102 valence electrons. The van der Waals surface area contributed by atoms with E-state index >= 15 is 0 Å². The van der Waals surface area contributed by atoms with E-state index in [4.69, 9.17) is 0 Å². The van der Waals surface area contributed by atoms with Gasteiger partial charge in [-0.25, -0.2) is 0 Å². The molecule has 21 heavy (non-hydrogen) atoms. The van der Waals surface area contributed by atoms with Gasteiger partial charge in [0.05, 0.1) is 11.9 Å². The third-order valence-electron chi connectivity index (χ3n) is 3.33. The molecule has 3 rings (SSSR count). The van der Waals surface area contributed by atoms with Crippen molar-refractivity contribution in [1.29, 1.82) is 0 Å². The normalized spacial score (nSPS) is 10.3. The molecule has 0 bridgehead atoms. The summed E-state index contributed by atoms with van der Waals surface area (Å²) < 4.78 is 0. The summed E-state index contributed by atoms with van der Waals surface area (Å²) in [5.41, 5.74) is 4.46. The number of ketones is 1. The van der Waals surface area contributed by atoms with Crippen molar-refractivity contribution < 1.29 is 4.79 Å². The largest absolute Gasteiger partial charge is 0.295 e. The fourth-order valence-electron chi connectivity index (χ4n) is 2.19. The third-order valence-corrected chi connectivity index (χ3v) is 3.33. The molecule has 0 unspecified atom stereocenters. The molecule has 1 aromatic heterocycles. The van der Waals surface area contributed by atoms with Crippen LogP contribution in [0.3, 0.4) is 0 Å². The number of rotatable bonds is 3. The zero-order valence-electron chi connectivity index (χ0n) is 11.7. The number of hydrogen-bond acceptors (Lipinski definition) is 3. The van der Waals surface area contributed by atoms with Gasteiger partial charge >= 0.3 is 0 Å². The lowest BCUT2D eigenvalue weighted by Crippen LogP contribution is -1.93. The molecule has 0 aliphatic rings. The van der Waals surface area contributed by atoms with Crippen molar-refractivity contribution in [2.75, 3.05) is 0 Å². The number of carbonyl (C=O) groups excluding carboxylic acids is 1. The van der Waals surface area contributed by atoms with Crippen molar-refractivity contribution in [1.82, 2.24) is 10.2 Å². The SMILES string of the molecule is CC(=O)c1cccc(-c2cnnc(-c3ccccc3)c2)c1. The average molecular weight is 274 g/mol. The molecule has 0 amide bonds. The van der Waals surface area contributed by atoms with Crippen LogP contribution in [-0.4, -0.2) is 16.0 Å². The Morgan fingerprint density at radius 2 is 1.62 bits per heavy atom. The van der Waals surface area contributed by atoms with E-state index in [1.807, 2.05) is 60.7 Å². The summed E-state index contributed by atoms with van der Waals surface area (Å²) in [4.78, 5) is 11.5. The van der Waals surface area contributed by atoms with Gasteiger partial charge in [-0.2, -0.15) is 10.2 Å². The van der Waals surface area contributed by atoms with Crippen molar-refractivity contribution in [3.63, 3.8) is 0 Å². The minimum atomic E-state index is 0.0575. The summed E-state index contributed by atoms with van der Waals surface area (Å²) in [6.45, 7) is 1.57. The van der Waals surface area contributed by atoms with Gasteiger partial charge in [-0.05, 0) is 24.6 Å². The van der Waals surface area contributed by atoms with Gasteiger partial charge in [-0.1, -0.05) is 48.5 Å². The van der Waals surface area contributed by atoms with Crippen molar-refractivity contribution in [2.45, 2.75) is 6.92 Å². The second kappa shape index (κ2) is 5.67. The van der Waals surface area contributed by atoms with Crippen LogP contribution in [0.5, 0.6) is 0 Å². The Morgan fingerprint density at radius 3 is 2.38 bits per heavy atom. The van der Waals surface area contributed by atoms with Gasteiger partial charge in [0, 0.05) is 16.7 Å². The van der Waals surface area contributed by atoms with Crippen molar-refractivity contribution in [2.24, 2.45) is 0 Å². The summed E-state index contributed by atoms with van der Waals surface area (Å²) in [5.74, 6) is 0.0575. The van der Waals surface area contributed by atoms with Crippen LogP contribution in [0.1, 0.15) is 17.3 Å². The number of nitrogens with zero attached hydrogens (tertiary/aromatic N) is 2. The maximum atomic E-state index is 11.5. The number of hydrogen-bond donors (Lipinski definition) is 0. The smallest absolute Gasteiger partial charge is 0.159 e. The number of Topliss-reactive ketones (excluding diaryl/α,β-unsaturated/α-hetero) is 1. The van der Waals surface area contributed by atoms with Crippen molar-refractivity contribution in [3.05, 3.63) is 72.4 Å². The molecule has 0 radical (unpaired) electrons. The van der Waals surface area contributed by atoms with Gasteiger partial charge in [0.15, 0.2) is 5.78 Å². The molecule has 0 spiro atoms. The lowest BCUT2D eigenvalue weighted by Gasteiger charge is -2.05. The first-order valence-corrected chi connectivity index (χ1v) is 6.73. The topological polar surface area (TPSA) is 42.9 Å². The predicted molar refractivity (Wildman–Crippen MR) is 82.9 cm³/mol. The molecule has 3 aromatic rings. The Kier molecular flexibility index (Phi) is 3.56. The molecule has 0 N–H and O–H groups in total. The van der Waals surface area contributed by atoms with Crippen LogP contribution >= 0.6 is 0 Å². The summed E-state index contributed by atoms with van der Waals surface area (Å²) in [7, 11) is 0. The van der Waals surface area contributed by atoms with E-state index in [1.54, 1.807) is 13.1 Å². The predicted octanol–water partition coefficient (Wildman–Crippen LogP) is 4.01. The summed E-state index contributed by atoms with van der Waals surface area (Å²) in [6.07, 6.45) is 1.71. The molecular formula is C18H14N2O. The minimum Gasteiger partial charge on any atom is -0.295 e. The number of aromatic nitrogens is 2. The Labute approximate surface area is 123 Å². The fourth-order valence-corrected chi connectivity index (χ4v) is 2.19. The van der Waals surface area contributed by atoms with E-state index in [0.717, 1.165) is 22.4 Å². The first-order valence-electron chi connectivity index (χ1n) is 6.73. The highest BCUT2D eigenvalue weighted by atomic mass is 16.1. The van der Waals surface area contributed by atoms with Gasteiger partial charge in [0.25, 0.3) is 0 Å². The Balaban J connectivity index is 2.04. The molecule has 0 fully saturated rings. The zero-order valence-corrected chi connectivity index (χ0v) is 11.7.